The Kier molecular flexibility index (Phi) is 15.9. The maximum Gasteiger partial charge on any atom is 0.166 e. The van der Waals surface area contributed by atoms with Crippen LogP contribution in [0.2, 0.25) is 0 Å². The van der Waals surface area contributed by atoms with Crippen molar-refractivity contribution in [1.82, 2.24) is 39.0 Å². The molecule has 0 aliphatic carbocycles. The Morgan fingerprint density at radius 3 is 1.08 bits per heavy atom. The zero-order valence-electron chi connectivity index (χ0n) is 67.7. The van der Waals surface area contributed by atoms with Crippen LogP contribution in [-0.4, -0.2) is 39.0 Å². The number of nitrogens with zero attached hydrogens (tertiary/aromatic N) is 8. The smallest absolute Gasteiger partial charge is 0.166 e. The van der Waals surface area contributed by atoms with Crippen molar-refractivity contribution in [3.05, 3.63) is 413 Å². The highest BCUT2D eigenvalue weighted by atomic mass is 16.3. The quantitative estimate of drug-likeness (QED) is 0.119. The van der Waals surface area contributed by atoms with E-state index in [0.717, 1.165) is 220 Å². The Bertz CT molecular complexity index is 8940. The standard InChI is InChI=1S/C116H68N8O2/c1-3-23-69(24-4-1)72-45-50-75(51-46-72)111-117-112(76-52-47-73(48-53-76)70-25-5-2-6-26-70)120-115(119-111)94-58-60-103-106(108(94)124-99-44-20-18-42-91(99)96-65-81-31-10-12-33-83(81)68-101(96)124)97-66-84-34-14-15-39-88(84)104(110(97)126-103)85-37-21-35-78(61-85)79-36-22-38-86(63-79)113-118-114(87-54-49-71-27-7-8-29-77(71)62-87)122-116(121-113)93-57-59-102-105(92-56-55-74-28-13-16-40-89(74)109(92)125-102)107(93)123-98-43-19-17-41-90(98)95-64-80-30-9-11-32-82(80)67-100(95)123/h1-68H. The Hall–Kier alpha value is -17.1. The van der Waals surface area contributed by atoms with E-state index in [2.05, 4.69) is 410 Å². The van der Waals surface area contributed by atoms with Crippen LogP contribution < -0.4 is 0 Å². The minimum Gasteiger partial charge on any atom is -0.455 e. The highest BCUT2D eigenvalue weighted by molar-refractivity contribution is 6.25. The number of furan rings is 2. The van der Waals surface area contributed by atoms with Crippen molar-refractivity contribution in [2.24, 2.45) is 0 Å². The second kappa shape index (κ2) is 28.3. The molecule has 6 heterocycles. The SMILES string of the molecule is c1ccc(-c2ccc(-c3nc(-c4ccc(-c5ccccc5)cc4)nc(-c4ccc5oc6c(-c7cccc(-c8cccc(-c9nc(-c%10ccc%11ccccc%11c%10)nc(-c%10ccc%11oc%12c%13ccccc%13ccc%12c%11c%10-n%10c%11ccccc%11c%11cc%12ccccc%12cc%11%10)n9)c8)c7)c7ccccc7cc6c5c4-n4c5ccccc5c5cc6ccccc6cc54)n3)cc2)cc1. The topological polar surface area (TPSA) is 113 Å². The molecule has 0 atom stereocenters. The molecule has 0 unspecified atom stereocenters. The van der Waals surface area contributed by atoms with Gasteiger partial charge >= 0.3 is 0 Å². The fourth-order valence-electron chi connectivity index (χ4n) is 19.5. The molecule has 584 valence electrons. The molecule has 126 heavy (non-hydrogen) atoms. The van der Waals surface area contributed by atoms with Gasteiger partial charge < -0.3 is 18.0 Å². The molecule has 0 bridgehead atoms. The van der Waals surface area contributed by atoms with Crippen LogP contribution in [0.15, 0.2) is 421 Å². The maximum absolute atomic E-state index is 7.65. The molecule has 0 aliphatic rings. The molecule has 0 aliphatic heterocycles. The van der Waals surface area contributed by atoms with Crippen molar-refractivity contribution in [2.75, 3.05) is 0 Å². The van der Waals surface area contributed by atoms with Crippen molar-refractivity contribution >= 4 is 141 Å². The molecule has 20 aromatic carbocycles. The van der Waals surface area contributed by atoms with Gasteiger partial charge in [0.15, 0.2) is 34.9 Å². The fourth-order valence-corrected chi connectivity index (χ4v) is 19.5. The normalized spacial score (nSPS) is 12.0. The van der Waals surface area contributed by atoms with Crippen molar-refractivity contribution in [3.63, 3.8) is 0 Å². The molecule has 26 aromatic rings. The summed E-state index contributed by atoms with van der Waals surface area (Å²) in [5.74, 6) is 3.18. The van der Waals surface area contributed by atoms with Crippen molar-refractivity contribution in [3.8, 4) is 124 Å². The summed E-state index contributed by atoms with van der Waals surface area (Å²) in [6, 6.07) is 147. The van der Waals surface area contributed by atoms with Crippen LogP contribution in [0, 0.1) is 0 Å². The lowest BCUT2D eigenvalue weighted by molar-refractivity contribution is 0.670. The first-order valence-corrected chi connectivity index (χ1v) is 42.6. The van der Waals surface area contributed by atoms with E-state index in [1.807, 2.05) is 12.1 Å². The van der Waals surface area contributed by atoms with Gasteiger partial charge in [-0.25, -0.2) is 29.9 Å². The van der Waals surface area contributed by atoms with Crippen LogP contribution in [-0.2, 0) is 0 Å². The van der Waals surface area contributed by atoms with E-state index in [-0.39, 0.29) is 0 Å². The average Bonchev–Trinajstić information content (AvgIpc) is 1.55. The molecular formula is C116H68N8O2. The number of benzene rings is 20. The van der Waals surface area contributed by atoms with Crippen LogP contribution in [0.1, 0.15) is 0 Å². The van der Waals surface area contributed by atoms with Crippen LogP contribution in [0.4, 0.5) is 0 Å². The summed E-state index contributed by atoms with van der Waals surface area (Å²) in [5.41, 5.74) is 22.4. The van der Waals surface area contributed by atoms with Crippen LogP contribution in [0.3, 0.4) is 0 Å². The number of hydrogen-bond donors (Lipinski definition) is 0. The molecule has 0 saturated carbocycles. The molecule has 26 rings (SSSR count). The molecule has 0 fully saturated rings. The van der Waals surface area contributed by atoms with E-state index in [1.54, 1.807) is 0 Å². The third-order valence-corrected chi connectivity index (χ3v) is 25.5. The number of aromatic nitrogens is 8. The highest BCUT2D eigenvalue weighted by Gasteiger charge is 2.30. The number of hydrogen-bond acceptors (Lipinski definition) is 8. The third kappa shape index (κ3) is 11.4. The lowest BCUT2D eigenvalue weighted by atomic mass is 9.92. The van der Waals surface area contributed by atoms with Gasteiger partial charge in [0.2, 0.25) is 0 Å². The predicted octanol–water partition coefficient (Wildman–Crippen LogP) is 30.5. The van der Waals surface area contributed by atoms with E-state index in [9.17, 15) is 0 Å². The van der Waals surface area contributed by atoms with Gasteiger partial charge in [0.1, 0.15) is 22.3 Å². The number of fused-ring (bicyclic) bond motifs is 18. The number of para-hydroxylation sites is 2. The maximum atomic E-state index is 7.65. The molecule has 6 aromatic heterocycles. The van der Waals surface area contributed by atoms with E-state index >= 15 is 0 Å². The van der Waals surface area contributed by atoms with Crippen molar-refractivity contribution < 1.29 is 8.83 Å². The molecule has 0 N–H and O–H groups in total. The predicted molar refractivity (Wildman–Crippen MR) is 518 cm³/mol. The molecule has 0 saturated heterocycles. The van der Waals surface area contributed by atoms with Gasteiger partial charge in [0.05, 0.1) is 44.2 Å². The fraction of sp³-hybridized carbons (Fsp3) is 0. The Morgan fingerprint density at radius 1 is 0.175 bits per heavy atom. The largest absolute Gasteiger partial charge is 0.455 e. The summed E-state index contributed by atoms with van der Waals surface area (Å²) in [6.07, 6.45) is 0. The van der Waals surface area contributed by atoms with Crippen molar-refractivity contribution in [1.29, 1.82) is 0 Å². The van der Waals surface area contributed by atoms with Gasteiger partial charge in [-0.05, 0) is 178 Å². The minimum atomic E-state index is 0.512. The summed E-state index contributed by atoms with van der Waals surface area (Å²) in [7, 11) is 0. The molecule has 0 radical (unpaired) electrons. The first kappa shape index (κ1) is 70.7. The third-order valence-electron chi connectivity index (χ3n) is 25.5. The summed E-state index contributed by atoms with van der Waals surface area (Å²) >= 11 is 0. The first-order valence-electron chi connectivity index (χ1n) is 42.6. The molecular weight excluding hydrogens is 1540 g/mol. The van der Waals surface area contributed by atoms with Gasteiger partial charge in [-0.3, -0.25) is 0 Å². The summed E-state index contributed by atoms with van der Waals surface area (Å²) in [6.45, 7) is 0. The summed E-state index contributed by atoms with van der Waals surface area (Å²) in [4.78, 5) is 33.6. The van der Waals surface area contributed by atoms with Crippen molar-refractivity contribution in [2.45, 2.75) is 0 Å². The Morgan fingerprint density at radius 2 is 0.532 bits per heavy atom. The van der Waals surface area contributed by atoms with E-state index in [1.165, 1.54) is 5.39 Å². The minimum absolute atomic E-state index is 0.512. The second-order valence-corrected chi connectivity index (χ2v) is 32.7. The summed E-state index contributed by atoms with van der Waals surface area (Å²) < 4.78 is 19.6. The average molecular weight is 1610 g/mol. The first-order chi connectivity index (χ1) is 62.4. The molecule has 0 amide bonds. The second-order valence-electron chi connectivity index (χ2n) is 32.7. The van der Waals surface area contributed by atoms with E-state index in [0.29, 0.717) is 40.5 Å². The van der Waals surface area contributed by atoms with Gasteiger partial charge in [-0.15, -0.1) is 0 Å². The van der Waals surface area contributed by atoms with Gasteiger partial charge in [0.25, 0.3) is 0 Å². The van der Waals surface area contributed by atoms with Crippen LogP contribution in [0.25, 0.3) is 266 Å². The van der Waals surface area contributed by atoms with E-state index < -0.39 is 0 Å². The summed E-state index contributed by atoms with van der Waals surface area (Å²) in [5, 5.41) is 19.3. The molecule has 10 heteroatoms. The van der Waals surface area contributed by atoms with Crippen LogP contribution >= 0.6 is 0 Å². The lowest BCUT2D eigenvalue weighted by Crippen LogP contribution is -2.04. The van der Waals surface area contributed by atoms with Gasteiger partial charge in [-0.2, -0.15) is 0 Å². The lowest BCUT2D eigenvalue weighted by Gasteiger charge is -2.17. The Balaban J connectivity index is 0.673. The molecule has 0 spiro atoms. The van der Waals surface area contributed by atoms with Gasteiger partial charge in [-0.1, -0.05) is 322 Å². The number of rotatable bonds is 12. The zero-order chi connectivity index (χ0) is 82.6. The van der Waals surface area contributed by atoms with Crippen LogP contribution in [0.5, 0.6) is 0 Å². The van der Waals surface area contributed by atoms with E-state index in [4.69, 9.17) is 38.7 Å². The Labute approximate surface area is 721 Å². The molecule has 10 nitrogen and oxygen atoms in total. The highest BCUT2D eigenvalue weighted by Crippen LogP contribution is 2.51. The zero-order valence-corrected chi connectivity index (χ0v) is 67.7. The van der Waals surface area contributed by atoms with Gasteiger partial charge in [0, 0.05) is 76.6 Å². The monoisotopic (exact) mass is 1600 g/mol.